The van der Waals surface area contributed by atoms with Crippen LogP contribution >= 0.6 is 11.6 Å². The molecule has 0 radical (unpaired) electrons. The lowest BCUT2D eigenvalue weighted by molar-refractivity contribution is -0.384. The maximum atomic E-state index is 12.8. The SMILES string of the molecule is CCCNC(=O)c1ccc(Cl)cc1NC(=O)c1ccc(-n2ccnc2)c([N+](=O)[O-])c1. The number of nitro groups is 1. The van der Waals surface area contributed by atoms with Gasteiger partial charge >= 0.3 is 0 Å². The first-order chi connectivity index (χ1) is 14.4. The molecule has 0 spiro atoms. The summed E-state index contributed by atoms with van der Waals surface area (Å²) < 4.78 is 1.48. The lowest BCUT2D eigenvalue weighted by Crippen LogP contribution is -2.25. The molecular formula is C20H18ClN5O4. The summed E-state index contributed by atoms with van der Waals surface area (Å²) in [7, 11) is 0. The van der Waals surface area contributed by atoms with Crippen molar-refractivity contribution in [1.82, 2.24) is 14.9 Å². The van der Waals surface area contributed by atoms with Crippen molar-refractivity contribution in [1.29, 1.82) is 0 Å². The quantitative estimate of drug-likeness (QED) is 0.438. The first-order valence-electron chi connectivity index (χ1n) is 9.06. The van der Waals surface area contributed by atoms with E-state index in [9.17, 15) is 19.7 Å². The molecule has 0 aliphatic heterocycles. The van der Waals surface area contributed by atoms with Gasteiger partial charge in [0.25, 0.3) is 17.5 Å². The van der Waals surface area contributed by atoms with Gasteiger partial charge in [-0.1, -0.05) is 18.5 Å². The number of carbonyl (C=O) groups is 2. The van der Waals surface area contributed by atoms with Crippen LogP contribution in [0.4, 0.5) is 11.4 Å². The van der Waals surface area contributed by atoms with Crippen molar-refractivity contribution in [3.05, 3.63) is 81.4 Å². The predicted octanol–water partition coefficient (Wildman–Crippen LogP) is 3.83. The summed E-state index contributed by atoms with van der Waals surface area (Å²) in [5.41, 5.74) is 0.530. The van der Waals surface area contributed by atoms with Crippen LogP contribution in [0.15, 0.2) is 55.1 Å². The minimum atomic E-state index is -0.609. The first kappa shape index (κ1) is 21.0. The van der Waals surface area contributed by atoms with Crippen LogP contribution in [0.1, 0.15) is 34.1 Å². The normalized spacial score (nSPS) is 10.5. The van der Waals surface area contributed by atoms with Gasteiger partial charge in [-0.2, -0.15) is 0 Å². The second-order valence-electron chi connectivity index (χ2n) is 6.33. The number of benzene rings is 2. The molecule has 3 aromatic rings. The second-order valence-corrected chi connectivity index (χ2v) is 6.77. The fourth-order valence-electron chi connectivity index (χ4n) is 2.78. The van der Waals surface area contributed by atoms with Gasteiger partial charge in [0.2, 0.25) is 0 Å². The van der Waals surface area contributed by atoms with Crippen LogP contribution in [-0.2, 0) is 0 Å². The zero-order valence-electron chi connectivity index (χ0n) is 16.0. The predicted molar refractivity (Wildman–Crippen MR) is 112 cm³/mol. The Morgan fingerprint density at radius 2 is 2.00 bits per heavy atom. The topological polar surface area (TPSA) is 119 Å². The van der Waals surface area contributed by atoms with E-state index >= 15 is 0 Å². The molecule has 0 saturated heterocycles. The average Bonchev–Trinajstić information content (AvgIpc) is 3.26. The fourth-order valence-corrected chi connectivity index (χ4v) is 2.95. The highest BCUT2D eigenvalue weighted by molar-refractivity contribution is 6.31. The Hall–Kier alpha value is -3.72. The number of halogens is 1. The number of amides is 2. The molecule has 0 atom stereocenters. The molecule has 1 heterocycles. The van der Waals surface area contributed by atoms with Gasteiger partial charge in [0.1, 0.15) is 5.69 Å². The highest BCUT2D eigenvalue weighted by Crippen LogP contribution is 2.26. The molecule has 3 rings (SSSR count). The zero-order valence-corrected chi connectivity index (χ0v) is 16.7. The minimum Gasteiger partial charge on any atom is -0.352 e. The van der Waals surface area contributed by atoms with Gasteiger partial charge in [-0.3, -0.25) is 19.7 Å². The van der Waals surface area contributed by atoms with Crippen LogP contribution in [0.2, 0.25) is 5.02 Å². The van der Waals surface area contributed by atoms with E-state index < -0.39 is 10.8 Å². The molecule has 0 aliphatic rings. The molecule has 0 aliphatic carbocycles. The summed E-state index contributed by atoms with van der Waals surface area (Å²) >= 11 is 6.02. The maximum absolute atomic E-state index is 12.8. The fraction of sp³-hybridized carbons (Fsp3) is 0.150. The van der Waals surface area contributed by atoms with Crippen molar-refractivity contribution in [2.24, 2.45) is 0 Å². The third-order valence-electron chi connectivity index (χ3n) is 4.23. The summed E-state index contributed by atoms with van der Waals surface area (Å²) in [6.45, 7) is 2.40. The molecule has 154 valence electrons. The number of imidazole rings is 1. The molecule has 1 aromatic heterocycles. The van der Waals surface area contributed by atoms with Crippen LogP contribution < -0.4 is 10.6 Å². The monoisotopic (exact) mass is 427 g/mol. The van der Waals surface area contributed by atoms with Crippen molar-refractivity contribution >= 4 is 34.8 Å². The molecule has 9 nitrogen and oxygen atoms in total. The number of rotatable bonds is 7. The maximum Gasteiger partial charge on any atom is 0.294 e. The number of hydrogen-bond donors (Lipinski definition) is 2. The summed E-state index contributed by atoms with van der Waals surface area (Å²) in [4.78, 5) is 39.9. The smallest absolute Gasteiger partial charge is 0.294 e. The molecule has 2 amide bonds. The van der Waals surface area contributed by atoms with Gasteiger partial charge in [0.15, 0.2) is 0 Å². The Kier molecular flexibility index (Phi) is 6.43. The lowest BCUT2D eigenvalue weighted by atomic mass is 10.1. The average molecular weight is 428 g/mol. The molecule has 0 saturated carbocycles. The Morgan fingerprint density at radius 3 is 2.67 bits per heavy atom. The number of nitrogens with one attached hydrogen (secondary N) is 2. The van der Waals surface area contributed by atoms with Gasteiger partial charge < -0.3 is 15.2 Å². The molecule has 0 fully saturated rings. The first-order valence-corrected chi connectivity index (χ1v) is 9.44. The van der Waals surface area contributed by atoms with Crippen molar-refractivity contribution in [3.63, 3.8) is 0 Å². The standard InChI is InChI=1S/C20H18ClN5O4/c1-2-7-23-20(28)15-5-4-14(21)11-16(15)24-19(27)13-3-6-17(18(10-13)26(29)30)25-9-8-22-12-25/h3-6,8-12H,2,7H2,1H3,(H,23,28)(H,24,27). The van der Waals surface area contributed by atoms with E-state index in [0.717, 1.165) is 6.42 Å². The van der Waals surface area contributed by atoms with E-state index in [0.29, 0.717) is 11.6 Å². The largest absolute Gasteiger partial charge is 0.352 e. The molecule has 30 heavy (non-hydrogen) atoms. The number of nitrogens with zero attached hydrogens (tertiary/aromatic N) is 3. The minimum absolute atomic E-state index is 0.0606. The van der Waals surface area contributed by atoms with Crippen molar-refractivity contribution in [2.75, 3.05) is 11.9 Å². The molecule has 10 heteroatoms. The summed E-state index contributed by atoms with van der Waals surface area (Å²) in [5.74, 6) is -0.965. The Labute approximate surface area is 176 Å². The van der Waals surface area contributed by atoms with Gasteiger partial charge in [0.05, 0.1) is 22.5 Å². The highest BCUT2D eigenvalue weighted by Gasteiger charge is 2.20. The van der Waals surface area contributed by atoms with E-state index in [2.05, 4.69) is 15.6 Å². The van der Waals surface area contributed by atoms with Crippen molar-refractivity contribution in [2.45, 2.75) is 13.3 Å². The lowest BCUT2D eigenvalue weighted by Gasteiger charge is -2.12. The summed E-state index contributed by atoms with van der Waals surface area (Å²) in [5, 5.41) is 17.2. The van der Waals surface area contributed by atoms with Gasteiger partial charge in [-0.05, 0) is 36.8 Å². The van der Waals surface area contributed by atoms with Gasteiger partial charge in [0, 0.05) is 35.6 Å². The number of carbonyl (C=O) groups excluding carboxylic acids is 2. The molecule has 0 unspecified atom stereocenters. The number of anilines is 1. The van der Waals surface area contributed by atoms with Crippen LogP contribution in [-0.4, -0.2) is 32.8 Å². The summed E-state index contributed by atoms with van der Waals surface area (Å²) in [6, 6.07) is 8.59. The number of aromatic nitrogens is 2. The second kappa shape index (κ2) is 9.19. The number of nitro benzene ring substituents is 1. The number of hydrogen-bond acceptors (Lipinski definition) is 5. The van der Waals surface area contributed by atoms with Crippen LogP contribution in [0.3, 0.4) is 0 Å². The van der Waals surface area contributed by atoms with E-state index in [4.69, 9.17) is 11.6 Å². The van der Waals surface area contributed by atoms with E-state index in [1.807, 2.05) is 6.92 Å². The Bertz CT molecular complexity index is 1100. The highest BCUT2D eigenvalue weighted by atomic mass is 35.5. The van der Waals surface area contributed by atoms with E-state index in [1.54, 1.807) is 12.3 Å². The van der Waals surface area contributed by atoms with Crippen molar-refractivity contribution < 1.29 is 14.5 Å². The van der Waals surface area contributed by atoms with Crippen LogP contribution in [0, 0.1) is 10.1 Å². The third kappa shape index (κ3) is 4.64. The van der Waals surface area contributed by atoms with Crippen LogP contribution in [0.25, 0.3) is 5.69 Å². The zero-order chi connectivity index (χ0) is 21.7. The Morgan fingerprint density at radius 1 is 1.20 bits per heavy atom. The molecule has 2 N–H and O–H groups in total. The Balaban J connectivity index is 1.91. The third-order valence-corrected chi connectivity index (χ3v) is 4.46. The van der Waals surface area contributed by atoms with Crippen molar-refractivity contribution in [3.8, 4) is 5.69 Å². The van der Waals surface area contributed by atoms with E-state index in [1.165, 1.54) is 47.4 Å². The molecule has 2 aromatic carbocycles. The van der Waals surface area contributed by atoms with E-state index in [-0.39, 0.29) is 34.1 Å². The van der Waals surface area contributed by atoms with Crippen LogP contribution in [0.5, 0.6) is 0 Å². The van der Waals surface area contributed by atoms with Gasteiger partial charge in [-0.25, -0.2) is 4.98 Å². The molecule has 0 bridgehead atoms. The van der Waals surface area contributed by atoms with Gasteiger partial charge in [-0.15, -0.1) is 0 Å². The summed E-state index contributed by atoms with van der Waals surface area (Å²) in [6.07, 6.45) is 5.24. The molecular weight excluding hydrogens is 410 g/mol.